The summed E-state index contributed by atoms with van der Waals surface area (Å²) >= 11 is 1.38. The molecule has 0 fully saturated rings. The number of carbonyl (C=O) groups excluding carboxylic acids is 1. The smallest absolute Gasteiger partial charge is 0.230 e. The van der Waals surface area contributed by atoms with E-state index in [-0.39, 0.29) is 12.3 Å². The first-order valence-corrected chi connectivity index (χ1v) is 9.53. The number of carbonyl (C=O) groups is 1. The summed E-state index contributed by atoms with van der Waals surface area (Å²) in [5, 5.41) is 5.31. The summed E-state index contributed by atoms with van der Waals surface area (Å²) in [5.41, 5.74) is 3.58. The fraction of sp³-hybridized carbons (Fsp3) is 0.238. The Balaban J connectivity index is 1.69. The second kappa shape index (κ2) is 8.75. The van der Waals surface area contributed by atoms with Gasteiger partial charge in [-0.3, -0.25) is 4.79 Å². The van der Waals surface area contributed by atoms with Crippen molar-refractivity contribution in [1.29, 1.82) is 0 Å². The molecular formula is C21H22N2O4S. The summed E-state index contributed by atoms with van der Waals surface area (Å²) in [4.78, 5) is 16.9. The minimum Gasteiger partial charge on any atom is -0.496 e. The van der Waals surface area contributed by atoms with E-state index in [4.69, 9.17) is 14.2 Å². The molecular weight excluding hydrogens is 376 g/mol. The van der Waals surface area contributed by atoms with Gasteiger partial charge in [-0.05, 0) is 42.3 Å². The molecule has 2 aromatic carbocycles. The number of aryl methyl sites for hydroxylation is 1. The zero-order chi connectivity index (χ0) is 20.1. The van der Waals surface area contributed by atoms with Gasteiger partial charge in [-0.15, -0.1) is 11.3 Å². The largest absolute Gasteiger partial charge is 0.496 e. The van der Waals surface area contributed by atoms with Gasteiger partial charge in [0.1, 0.15) is 5.75 Å². The van der Waals surface area contributed by atoms with E-state index < -0.39 is 0 Å². The van der Waals surface area contributed by atoms with Crippen LogP contribution in [-0.4, -0.2) is 32.2 Å². The van der Waals surface area contributed by atoms with Gasteiger partial charge in [-0.1, -0.05) is 12.1 Å². The molecule has 0 spiro atoms. The van der Waals surface area contributed by atoms with Gasteiger partial charge in [0.2, 0.25) is 5.91 Å². The zero-order valence-corrected chi connectivity index (χ0v) is 17.1. The molecule has 0 radical (unpaired) electrons. The number of aromatic nitrogens is 1. The number of hydrogen-bond acceptors (Lipinski definition) is 6. The van der Waals surface area contributed by atoms with Gasteiger partial charge in [-0.2, -0.15) is 0 Å². The van der Waals surface area contributed by atoms with Crippen LogP contribution in [0.1, 0.15) is 11.1 Å². The van der Waals surface area contributed by atoms with Gasteiger partial charge in [-0.25, -0.2) is 4.98 Å². The number of hydrogen-bond donors (Lipinski definition) is 1. The van der Waals surface area contributed by atoms with Gasteiger partial charge < -0.3 is 19.5 Å². The van der Waals surface area contributed by atoms with E-state index in [0.717, 1.165) is 28.1 Å². The maximum Gasteiger partial charge on any atom is 0.230 e. The summed E-state index contributed by atoms with van der Waals surface area (Å²) in [5.74, 6) is 1.99. The summed E-state index contributed by atoms with van der Waals surface area (Å²) in [6, 6.07) is 11.3. The fourth-order valence-corrected chi connectivity index (χ4v) is 3.59. The minimum absolute atomic E-state index is 0.113. The molecule has 3 aromatic rings. The van der Waals surface area contributed by atoms with Crippen molar-refractivity contribution in [2.45, 2.75) is 13.3 Å². The third-order valence-corrected chi connectivity index (χ3v) is 5.01. The lowest BCUT2D eigenvalue weighted by Crippen LogP contribution is -2.14. The van der Waals surface area contributed by atoms with Gasteiger partial charge >= 0.3 is 0 Å². The van der Waals surface area contributed by atoms with Crippen LogP contribution in [0.2, 0.25) is 0 Å². The molecule has 0 atom stereocenters. The standard InChI is InChI=1S/C21H22N2O4S/c1-13-9-14(5-7-17(13)25-2)10-20(24)23-21-22-16(12-28-21)15-6-8-18(26-3)19(11-15)27-4/h5-9,11-12H,10H2,1-4H3,(H,22,23,24). The number of rotatable bonds is 7. The van der Waals surface area contributed by atoms with Crippen LogP contribution in [0.25, 0.3) is 11.3 Å². The van der Waals surface area contributed by atoms with Crippen LogP contribution in [0.5, 0.6) is 17.2 Å². The van der Waals surface area contributed by atoms with Crippen molar-refractivity contribution in [2.24, 2.45) is 0 Å². The summed E-state index contributed by atoms with van der Waals surface area (Å²) < 4.78 is 15.8. The summed E-state index contributed by atoms with van der Waals surface area (Å²) in [7, 11) is 4.82. The molecule has 0 aliphatic carbocycles. The average Bonchev–Trinajstić information content (AvgIpc) is 3.15. The quantitative estimate of drug-likeness (QED) is 0.642. The number of anilines is 1. The SMILES string of the molecule is COc1ccc(CC(=O)Nc2nc(-c3ccc(OC)c(OC)c3)cs2)cc1C. The molecule has 0 unspecified atom stereocenters. The summed E-state index contributed by atoms with van der Waals surface area (Å²) in [6.45, 7) is 1.95. The van der Waals surface area contributed by atoms with Crippen molar-refractivity contribution in [1.82, 2.24) is 4.98 Å². The Bertz CT molecular complexity index is 984. The molecule has 0 aliphatic heterocycles. The molecule has 7 heteroatoms. The first-order chi connectivity index (χ1) is 13.5. The molecule has 1 aromatic heterocycles. The third kappa shape index (κ3) is 4.43. The molecule has 0 aliphatic rings. The molecule has 6 nitrogen and oxygen atoms in total. The van der Waals surface area contributed by atoms with Crippen molar-refractivity contribution < 1.29 is 19.0 Å². The van der Waals surface area contributed by atoms with Gasteiger partial charge in [0, 0.05) is 10.9 Å². The van der Waals surface area contributed by atoms with Crippen LogP contribution >= 0.6 is 11.3 Å². The number of methoxy groups -OCH3 is 3. The molecule has 1 amide bonds. The molecule has 28 heavy (non-hydrogen) atoms. The van der Waals surface area contributed by atoms with Crippen molar-refractivity contribution in [3.63, 3.8) is 0 Å². The Hall–Kier alpha value is -3.06. The van der Waals surface area contributed by atoms with Crippen LogP contribution in [-0.2, 0) is 11.2 Å². The van der Waals surface area contributed by atoms with Crippen molar-refractivity contribution in [3.05, 3.63) is 52.9 Å². The van der Waals surface area contributed by atoms with Crippen LogP contribution in [0.4, 0.5) is 5.13 Å². The molecule has 0 saturated carbocycles. The monoisotopic (exact) mass is 398 g/mol. The van der Waals surface area contributed by atoms with E-state index in [1.807, 2.05) is 48.7 Å². The first kappa shape index (κ1) is 19.7. The van der Waals surface area contributed by atoms with Crippen LogP contribution in [0.3, 0.4) is 0 Å². The number of nitrogens with zero attached hydrogens (tertiary/aromatic N) is 1. The van der Waals surface area contributed by atoms with Crippen LogP contribution in [0.15, 0.2) is 41.8 Å². The molecule has 3 rings (SSSR count). The van der Waals surface area contributed by atoms with E-state index in [1.54, 1.807) is 21.3 Å². The predicted molar refractivity (Wildman–Crippen MR) is 111 cm³/mol. The van der Waals surface area contributed by atoms with Gasteiger partial charge in [0.15, 0.2) is 16.6 Å². The second-order valence-corrected chi connectivity index (χ2v) is 6.99. The van der Waals surface area contributed by atoms with Crippen molar-refractivity contribution in [3.8, 4) is 28.5 Å². The maximum atomic E-state index is 12.4. The normalized spacial score (nSPS) is 10.4. The van der Waals surface area contributed by atoms with E-state index in [0.29, 0.717) is 16.6 Å². The maximum absolute atomic E-state index is 12.4. The molecule has 1 N–H and O–H groups in total. The van der Waals surface area contributed by atoms with Gasteiger partial charge in [0.05, 0.1) is 33.4 Å². The first-order valence-electron chi connectivity index (χ1n) is 8.65. The lowest BCUT2D eigenvalue weighted by atomic mass is 10.1. The highest BCUT2D eigenvalue weighted by Crippen LogP contribution is 2.33. The third-order valence-electron chi connectivity index (χ3n) is 4.25. The average molecular weight is 398 g/mol. The minimum atomic E-state index is -0.113. The molecule has 146 valence electrons. The van der Waals surface area contributed by atoms with Crippen LogP contribution in [0, 0.1) is 6.92 Å². The molecule has 1 heterocycles. The summed E-state index contributed by atoms with van der Waals surface area (Å²) in [6.07, 6.45) is 0.274. The van der Waals surface area contributed by atoms with E-state index in [2.05, 4.69) is 10.3 Å². The number of ether oxygens (including phenoxy) is 3. The molecule has 0 saturated heterocycles. The number of thiazole rings is 1. The number of benzene rings is 2. The highest BCUT2D eigenvalue weighted by molar-refractivity contribution is 7.14. The Morgan fingerprint density at radius 2 is 1.71 bits per heavy atom. The highest BCUT2D eigenvalue weighted by atomic mass is 32.1. The van der Waals surface area contributed by atoms with Crippen molar-refractivity contribution in [2.75, 3.05) is 26.6 Å². The topological polar surface area (TPSA) is 69.7 Å². The fourth-order valence-electron chi connectivity index (χ4n) is 2.86. The molecule has 0 bridgehead atoms. The Kier molecular flexibility index (Phi) is 6.16. The Labute approximate surface area is 168 Å². The Morgan fingerprint density at radius 1 is 1.00 bits per heavy atom. The predicted octanol–water partition coefficient (Wildman–Crippen LogP) is 4.33. The lowest BCUT2D eigenvalue weighted by Gasteiger charge is -2.08. The number of amides is 1. The van der Waals surface area contributed by atoms with Crippen LogP contribution < -0.4 is 19.5 Å². The second-order valence-electron chi connectivity index (χ2n) is 6.14. The number of nitrogens with one attached hydrogen (secondary N) is 1. The van der Waals surface area contributed by atoms with E-state index in [1.165, 1.54) is 11.3 Å². The Morgan fingerprint density at radius 3 is 2.39 bits per heavy atom. The highest BCUT2D eigenvalue weighted by Gasteiger charge is 2.12. The zero-order valence-electron chi connectivity index (χ0n) is 16.2. The lowest BCUT2D eigenvalue weighted by molar-refractivity contribution is -0.115. The van der Waals surface area contributed by atoms with Crippen molar-refractivity contribution >= 4 is 22.4 Å². The van der Waals surface area contributed by atoms with Gasteiger partial charge in [0.25, 0.3) is 0 Å². The van der Waals surface area contributed by atoms with E-state index >= 15 is 0 Å². The van der Waals surface area contributed by atoms with E-state index in [9.17, 15) is 4.79 Å².